The molecule has 0 heterocycles. The van der Waals surface area contributed by atoms with E-state index in [-0.39, 0.29) is 5.78 Å². The van der Waals surface area contributed by atoms with Crippen molar-refractivity contribution >= 4 is 5.78 Å². The molecule has 21 heavy (non-hydrogen) atoms. The Balaban J connectivity index is 3.44. The molecule has 0 radical (unpaired) electrons. The molecule has 0 aliphatic rings. The number of hydrogen-bond acceptors (Lipinski definition) is 5. The first-order valence-corrected chi connectivity index (χ1v) is 6.79. The molecule has 0 aliphatic heterocycles. The highest BCUT2D eigenvalue weighted by molar-refractivity contribution is 5.93. The highest BCUT2D eigenvalue weighted by Gasteiger charge is 2.40. The smallest absolute Gasteiger partial charge is 0.173 e. The van der Waals surface area contributed by atoms with E-state index in [0.717, 1.165) is 0 Å². The molecule has 1 rings (SSSR count). The molecule has 3 N–H and O–H groups in total. The molecule has 0 unspecified atom stereocenters. The van der Waals surface area contributed by atoms with Crippen molar-refractivity contribution < 1.29 is 19.4 Å². The lowest BCUT2D eigenvalue weighted by molar-refractivity contribution is -0.137. The van der Waals surface area contributed by atoms with Crippen molar-refractivity contribution in [3.8, 4) is 11.5 Å². The maximum absolute atomic E-state index is 12.6. The van der Waals surface area contributed by atoms with Crippen LogP contribution in [0.1, 0.15) is 39.2 Å². The van der Waals surface area contributed by atoms with Crippen LogP contribution in [0.2, 0.25) is 0 Å². The van der Waals surface area contributed by atoms with Gasteiger partial charge >= 0.3 is 0 Å². The summed E-state index contributed by atoms with van der Waals surface area (Å²) in [5.74, 6) is 0.121. The van der Waals surface area contributed by atoms with E-state index in [4.69, 9.17) is 15.2 Å². The summed E-state index contributed by atoms with van der Waals surface area (Å²) in [5.41, 5.74) is 4.52. The van der Waals surface area contributed by atoms with E-state index in [1.807, 2.05) is 0 Å². The van der Waals surface area contributed by atoms with Crippen molar-refractivity contribution in [1.29, 1.82) is 0 Å². The Morgan fingerprint density at radius 1 is 1.10 bits per heavy atom. The third-order valence-electron chi connectivity index (χ3n) is 3.32. The Labute approximate surface area is 126 Å². The van der Waals surface area contributed by atoms with E-state index in [1.165, 1.54) is 13.8 Å². The molecule has 118 valence electrons. The van der Waals surface area contributed by atoms with Gasteiger partial charge in [0.2, 0.25) is 0 Å². The van der Waals surface area contributed by atoms with Gasteiger partial charge in [0.15, 0.2) is 5.78 Å². The number of methoxy groups -OCH3 is 2. The maximum atomic E-state index is 12.6. The second-order valence-electron chi connectivity index (χ2n) is 6.32. The molecule has 0 aromatic heterocycles. The largest absolute Gasteiger partial charge is 0.497 e. The summed E-state index contributed by atoms with van der Waals surface area (Å²) >= 11 is 0. The number of carbonyl (C=O) groups is 1. The zero-order valence-electron chi connectivity index (χ0n) is 13.6. The molecule has 0 bridgehead atoms. The number of rotatable bonds is 6. The second kappa shape index (κ2) is 6.03. The fourth-order valence-corrected chi connectivity index (χ4v) is 2.27. The van der Waals surface area contributed by atoms with Crippen molar-refractivity contribution in [3.05, 3.63) is 23.8 Å². The van der Waals surface area contributed by atoms with Gasteiger partial charge in [0.25, 0.3) is 0 Å². The number of carbonyl (C=O) groups excluding carboxylic acids is 1. The number of ether oxygens (including phenoxy) is 2. The Bertz CT molecular complexity index is 490. The third kappa shape index (κ3) is 4.19. The van der Waals surface area contributed by atoms with Crippen LogP contribution in [0.5, 0.6) is 11.5 Å². The first kappa shape index (κ1) is 17.5. The van der Waals surface area contributed by atoms with Crippen molar-refractivity contribution in [3.63, 3.8) is 0 Å². The summed E-state index contributed by atoms with van der Waals surface area (Å²) in [6.07, 6.45) is 0. The van der Waals surface area contributed by atoms with Crippen LogP contribution >= 0.6 is 0 Å². The quantitative estimate of drug-likeness (QED) is 0.837. The minimum atomic E-state index is -1.47. The Hall–Kier alpha value is -1.59. The maximum Gasteiger partial charge on any atom is 0.173 e. The van der Waals surface area contributed by atoms with Crippen LogP contribution in [0.3, 0.4) is 0 Å². The van der Waals surface area contributed by atoms with Gasteiger partial charge in [0, 0.05) is 11.6 Å². The fourth-order valence-electron chi connectivity index (χ4n) is 2.27. The Kier molecular flexibility index (Phi) is 5.02. The van der Waals surface area contributed by atoms with Gasteiger partial charge in [0.1, 0.15) is 17.1 Å². The van der Waals surface area contributed by atoms with Crippen LogP contribution in [-0.2, 0) is 4.79 Å². The predicted molar refractivity (Wildman–Crippen MR) is 81.9 cm³/mol. The average Bonchev–Trinajstić information content (AvgIpc) is 2.35. The highest BCUT2D eigenvalue weighted by atomic mass is 16.5. The Morgan fingerprint density at radius 2 is 1.52 bits per heavy atom. The van der Waals surface area contributed by atoms with Gasteiger partial charge in [0.05, 0.1) is 20.1 Å². The fraction of sp³-hybridized carbons (Fsp3) is 0.562. The van der Waals surface area contributed by atoms with Crippen molar-refractivity contribution in [2.24, 2.45) is 5.73 Å². The first-order valence-electron chi connectivity index (χ1n) is 6.79. The summed E-state index contributed by atoms with van der Waals surface area (Å²) in [6.45, 7) is 6.44. The normalized spacial score (nSPS) is 13.7. The molecule has 0 saturated carbocycles. The summed E-state index contributed by atoms with van der Waals surface area (Å²) in [5, 5.41) is 10.1. The molecule has 1 aromatic carbocycles. The molecular weight excluding hydrogens is 270 g/mol. The van der Waals surface area contributed by atoms with Crippen molar-refractivity contribution in [2.45, 2.75) is 44.8 Å². The topological polar surface area (TPSA) is 81.8 Å². The summed E-state index contributed by atoms with van der Waals surface area (Å²) < 4.78 is 10.5. The standard InChI is InChI=1S/C16H25NO4/c1-15(2,17)13(14(18)16(3,4)19)10-7-11(20-5)9-12(8-10)21-6/h7-9,13,19H,17H2,1-6H3/t13-/m0/s1. The Morgan fingerprint density at radius 3 is 1.81 bits per heavy atom. The molecule has 5 nitrogen and oxygen atoms in total. The van der Waals surface area contributed by atoms with Gasteiger partial charge in [-0.05, 0) is 45.4 Å². The number of nitrogens with two attached hydrogens (primary N) is 1. The zero-order chi connectivity index (χ0) is 16.4. The molecule has 1 aromatic rings. The lowest BCUT2D eigenvalue weighted by Crippen LogP contribution is -2.49. The van der Waals surface area contributed by atoms with E-state index >= 15 is 0 Å². The number of aliphatic hydroxyl groups is 1. The minimum absolute atomic E-state index is 0.342. The molecule has 0 spiro atoms. The van der Waals surface area contributed by atoms with Crippen LogP contribution < -0.4 is 15.2 Å². The van der Waals surface area contributed by atoms with Crippen LogP contribution in [0.25, 0.3) is 0 Å². The lowest BCUT2D eigenvalue weighted by atomic mass is 9.75. The van der Waals surface area contributed by atoms with Gasteiger partial charge < -0.3 is 20.3 Å². The van der Waals surface area contributed by atoms with E-state index in [9.17, 15) is 9.90 Å². The van der Waals surface area contributed by atoms with Gasteiger partial charge in [-0.2, -0.15) is 0 Å². The molecule has 0 fully saturated rings. The predicted octanol–water partition coefficient (Wildman–Crippen LogP) is 1.86. The number of benzene rings is 1. The van der Waals surface area contributed by atoms with Crippen LogP contribution in [0.4, 0.5) is 0 Å². The summed E-state index contributed by atoms with van der Waals surface area (Å²) in [6, 6.07) is 5.20. The highest BCUT2D eigenvalue weighted by Crippen LogP contribution is 2.35. The zero-order valence-corrected chi connectivity index (χ0v) is 13.6. The molecule has 0 saturated heterocycles. The second-order valence-corrected chi connectivity index (χ2v) is 6.32. The molecule has 1 atom stereocenters. The van der Waals surface area contributed by atoms with Crippen molar-refractivity contribution in [2.75, 3.05) is 14.2 Å². The van der Waals surface area contributed by atoms with E-state index in [0.29, 0.717) is 17.1 Å². The van der Waals surface area contributed by atoms with E-state index < -0.39 is 17.1 Å². The molecule has 0 amide bonds. The van der Waals surface area contributed by atoms with Crippen LogP contribution in [0.15, 0.2) is 18.2 Å². The van der Waals surface area contributed by atoms with Crippen LogP contribution in [-0.4, -0.2) is 36.2 Å². The molecule has 5 heteroatoms. The monoisotopic (exact) mass is 295 g/mol. The summed E-state index contributed by atoms with van der Waals surface area (Å²) in [4.78, 5) is 12.6. The minimum Gasteiger partial charge on any atom is -0.497 e. The van der Waals surface area contributed by atoms with Gasteiger partial charge in [-0.25, -0.2) is 0 Å². The van der Waals surface area contributed by atoms with Crippen LogP contribution in [0, 0.1) is 0 Å². The molecular formula is C16H25NO4. The number of Topliss-reactive ketones (excluding diaryl/α,β-unsaturated/α-hetero) is 1. The number of hydrogen-bond donors (Lipinski definition) is 2. The molecule has 0 aliphatic carbocycles. The van der Waals surface area contributed by atoms with Gasteiger partial charge in [-0.3, -0.25) is 4.79 Å². The average molecular weight is 295 g/mol. The first-order chi connectivity index (χ1) is 9.50. The number of ketones is 1. The summed E-state index contributed by atoms with van der Waals surface area (Å²) in [7, 11) is 3.08. The van der Waals surface area contributed by atoms with Gasteiger partial charge in [-0.15, -0.1) is 0 Å². The van der Waals surface area contributed by atoms with E-state index in [2.05, 4.69) is 0 Å². The lowest BCUT2D eigenvalue weighted by Gasteiger charge is -2.34. The van der Waals surface area contributed by atoms with Crippen molar-refractivity contribution in [1.82, 2.24) is 0 Å². The third-order valence-corrected chi connectivity index (χ3v) is 3.32. The van der Waals surface area contributed by atoms with E-state index in [1.54, 1.807) is 46.3 Å². The van der Waals surface area contributed by atoms with Gasteiger partial charge in [-0.1, -0.05) is 0 Å². The SMILES string of the molecule is COc1cc(OC)cc([C@@H](C(=O)C(C)(C)O)C(C)(C)N)c1.